The lowest BCUT2D eigenvalue weighted by molar-refractivity contribution is -0.131. The summed E-state index contributed by atoms with van der Waals surface area (Å²) in [6, 6.07) is 7.16. The number of aryl methyl sites for hydroxylation is 2. The van der Waals surface area contributed by atoms with Gasteiger partial charge in [0.1, 0.15) is 0 Å². The van der Waals surface area contributed by atoms with Crippen LogP contribution in [0.4, 0.5) is 6.01 Å². The van der Waals surface area contributed by atoms with E-state index in [0.717, 1.165) is 5.56 Å². The lowest BCUT2D eigenvalue weighted by Crippen LogP contribution is -2.49. The summed E-state index contributed by atoms with van der Waals surface area (Å²) < 4.78 is 30.3. The highest BCUT2D eigenvalue weighted by Gasteiger charge is 2.25. The van der Waals surface area contributed by atoms with Crippen LogP contribution in [-0.2, 0) is 21.1 Å². The fraction of sp³-hybridized carbons (Fsp3) is 0.500. The summed E-state index contributed by atoms with van der Waals surface area (Å²) in [5.74, 6) is 0.258. The van der Waals surface area contributed by atoms with E-state index in [-0.39, 0.29) is 23.0 Å². The molecule has 1 aromatic carbocycles. The Hall–Kier alpha value is -2.42. The van der Waals surface area contributed by atoms with Crippen molar-refractivity contribution in [3.05, 3.63) is 35.7 Å². The molecule has 3 rings (SSSR count). The molecular formula is C18H24N4O4S. The fourth-order valence-electron chi connectivity index (χ4n) is 2.91. The Balaban J connectivity index is 1.51. The van der Waals surface area contributed by atoms with Crippen LogP contribution in [0.3, 0.4) is 0 Å². The molecule has 8 nitrogen and oxygen atoms in total. The maximum absolute atomic E-state index is 12.4. The maximum atomic E-state index is 12.4. The van der Waals surface area contributed by atoms with Gasteiger partial charge in [-0.05, 0) is 19.1 Å². The molecule has 0 unspecified atom stereocenters. The third-order valence-corrected chi connectivity index (χ3v) is 6.36. The number of carbonyl (C=O) groups excluding carboxylic acids is 1. The number of amides is 1. The van der Waals surface area contributed by atoms with Gasteiger partial charge in [-0.1, -0.05) is 29.7 Å². The largest absolute Gasteiger partial charge is 0.408 e. The van der Waals surface area contributed by atoms with E-state index >= 15 is 0 Å². The van der Waals surface area contributed by atoms with Crippen LogP contribution < -0.4 is 4.90 Å². The normalized spacial score (nSPS) is 15.2. The monoisotopic (exact) mass is 392 g/mol. The molecule has 0 bridgehead atoms. The molecule has 0 N–H and O–H groups in total. The Labute approximate surface area is 159 Å². The summed E-state index contributed by atoms with van der Waals surface area (Å²) in [6.07, 6.45) is 0.664. The quantitative estimate of drug-likeness (QED) is 0.734. The van der Waals surface area contributed by atoms with Gasteiger partial charge in [0, 0.05) is 39.0 Å². The Kier molecular flexibility index (Phi) is 5.79. The second-order valence-electron chi connectivity index (χ2n) is 6.58. The number of hydrogen-bond donors (Lipinski definition) is 0. The molecule has 1 aliphatic heterocycles. The number of hydrogen-bond acceptors (Lipinski definition) is 7. The molecule has 0 aliphatic carbocycles. The molecule has 2 aromatic rings. The number of anilines is 1. The Morgan fingerprint density at radius 2 is 1.78 bits per heavy atom. The first-order valence-corrected chi connectivity index (χ1v) is 10.7. The predicted molar refractivity (Wildman–Crippen MR) is 100 cm³/mol. The van der Waals surface area contributed by atoms with Gasteiger partial charge in [0.25, 0.3) is 0 Å². The third kappa shape index (κ3) is 4.65. The van der Waals surface area contributed by atoms with Gasteiger partial charge < -0.3 is 14.2 Å². The predicted octanol–water partition coefficient (Wildman–Crippen LogP) is 1.45. The van der Waals surface area contributed by atoms with Crippen LogP contribution >= 0.6 is 0 Å². The van der Waals surface area contributed by atoms with Gasteiger partial charge >= 0.3 is 6.01 Å². The minimum absolute atomic E-state index is 0.0171. The molecular weight excluding hydrogens is 368 g/mol. The van der Waals surface area contributed by atoms with Crippen molar-refractivity contribution in [2.75, 3.05) is 36.8 Å². The molecule has 0 atom stereocenters. The van der Waals surface area contributed by atoms with Crippen LogP contribution in [-0.4, -0.2) is 61.4 Å². The summed E-state index contributed by atoms with van der Waals surface area (Å²) >= 11 is 0. The van der Waals surface area contributed by atoms with Crippen LogP contribution in [0.15, 0.2) is 33.6 Å². The van der Waals surface area contributed by atoms with Crippen LogP contribution in [0.1, 0.15) is 24.8 Å². The van der Waals surface area contributed by atoms with Crippen molar-refractivity contribution in [2.45, 2.75) is 31.6 Å². The molecule has 0 radical (unpaired) electrons. The Morgan fingerprint density at radius 1 is 1.11 bits per heavy atom. The number of benzene rings is 1. The fourth-order valence-corrected chi connectivity index (χ4v) is 4.14. The zero-order valence-corrected chi connectivity index (χ0v) is 16.4. The van der Waals surface area contributed by atoms with E-state index in [4.69, 9.17) is 4.42 Å². The summed E-state index contributed by atoms with van der Waals surface area (Å²) in [7, 11) is -3.46. The van der Waals surface area contributed by atoms with Crippen molar-refractivity contribution in [1.82, 2.24) is 15.1 Å². The molecule has 9 heteroatoms. The second-order valence-corrected chi connectivity index (χ2v) is 8.69. The molecule has 1 amide bonds. The molecule has 27 heavy (non-hydrogen) atoms. The van der Waals surface area contributed by atoms with Crippen LogP contribution in [0.2, 0.25) is 0 Å². The van der Waals surface area contributed by atoms with Crippen LogP contribution in [0.5, 0.6) is 0 Å². The van der Waals surface area contributed by atoms with E-state index in [2.05, 4.69) is 10.2 Å². The number of nitrogens with zero attached hydrogens (tertiary/aromatic N) is 4. The van der Waals surface area contributed by atoms with Crippen LogP contribution in [0, 0.1) is 6.92 Å². The average molecular weight is 392 g/mol. The molecule has 1 fully saturated rings. The van der Waals surface area contributed by atoms with Gasteiger partial charge in [-0.2, -0.15) is 0 Å². The summed E-state index contributed by atoms with van der Waals surface area (Å²) in [5, 5.41) is 7.96. The number of sulfone groups is 1. The van der Waals surface area contributed by atoms with E-state index in [1.165, 1.54) is 0 Å². The zero-order chi connectivity index (χ0) is 19.4. The Morgan fingerprint density at radius 3 is 2.37 bits per heavy atom. The SMILES string of the molecule is CCc1nnc(N2CCN(C(=O)CCS(=O)(=O)c3ccc(C)cc3)CC2)o1. The van der Waals surface area contributed by atoms with E-state index in [9.17, 15) is 13.2 Å². The summed E-state index contributed by atoms with van der Waals surface area (Å²) in [4.78, 5) is 16.3. The zero-order valence-electron chi connectivity index (χ0n) is 15.6. The lowest BCUT2D eigenvalue weighted by Gasteiger charge is -2.33. The van der Waals surface area contributed by atoms with Crippen molar-refractivity contribution >= 4 is 21.8 Å². The van der Waals surface area contributed by atoms with E-state index in [1.54, 1.807) is 29.2 Å². The van der Waals surface area contributed by atoms with Gasteiger partial charge in [0.05, 0.1) is 10.6 Å². The van der Waals surface area contributed by atoms with Crippen molar-refractivity contribution < 1.29 is 17.6 Å². The van der Waals surface area contributed by atoms with Crippen molar-refractivity contribution in [3.63, 3.8) is 0 Å². The van der Waals surface area contributed by atoms with Crippen LogP contribution in [0.25, 0.3) is 0 Å². The van der Waals surface area contributed by atoms with Gasteiger partial charge in [-0.25, -0.2) is 8.42 Å². The van der Waals surface area contributed by atoms with E-state index < -0.39 is 9.84 Å². The van der Waals surface area contributed by atoms with Crippen molar-refractivity contribution in [2.24, 2.45) is 0 Å². The maximum Gasteiger partial charge on any atom is 0.318 e. The topological polar surface area (TPSA) is 96.6 Å². The standard InChI is InChI=1S/C18H24N4O4S/c1-3-16-19-20-18(26-16)22-11-9-21(10-12-22)17(23)8-13-27(24,25)15-6-4-14(2)5-7-15/h4-7H,3,8-13H2,1-2H3. The first-order valence-electron chi connectivity index (χ1n) is 9.03. The smallest absolute Gasteiger partial charge is 0.318 e. The molecule has 2 heterocycles. The highest BCUT2D eigenvalue weighted by atomic mass is 32.2. The molecule has 1 aromatic heterocycles. The van der Waals surface area contributed by atoms with Gasteiger partial charge in [0.15, 0.2) is 9.84 Å². The highest BCUT2D eigenvalue weighted by molar-refractivity contribution is 7.91. The first kappa shape index (κ1) is 19.3. The minimum Gasteiger partial charge on any atom is -0.408 e. The average Bonchev–Trinajstić information content (AvgIpc) is 3.16. The number of rotatable bonds is 6. The lowest BCUT2D eigenvalue weighted by atomic mass is 10.2. The Bertz CT molecular complexity index is 884. The molecule has 146 valence electrons. The van der Waals surface area contributed by atoms with Crippen molar-refractivity contribution in [3.8, 4) is 0 Å². The van der Waals surface area contributed by atoms with Gasteiger partial charge in [-0.3, -0.25) is 4.79 Å². The molecule has 0 saturated carbocycles. The number of piperazine rings is 1. The van der Waals surface area contributed by atoms with Gasteiger partial charge in [-0.15, -0.1) is 5.10 Å². The molecule has 1 aliphatic rings. The van der Waals surface area contributed by atoms with E-state index in [0.29, 0.717) is 44.5 Å². The first-order chi connectivity index (χ1) is 12.9. The van der Waals surface area contributed by atoms with E-state index in [1.807, 2.05) is 18.7 Å². The van der Waals surface area contributed by atoms with Gasteiger partial charge in [0.2, 0.25) is 11.8 Å². The highest BCUT2D eigenvalue weighted by Crippen LogP contribution is 2.17. The minimum atomic E-state index is -3.46. The van der Waals surface area contributed by atoms with Crippen molar-refractivity contribution in [1.29, 1.82) is 0 Å². The third-order valence-electron chi connectivity index (χ3n) is 4.63. The molecule has 1 saturated heterocycles. The summed E-state index contributed by atoms with van der Waals surface area (Å²) in [6.45, 7) is 6.03. The second kappa shape index (κ2) is 8.08. The molecule has 0 spiro atoms. The number of aromatic nitrogens is 2. The summed E-state index contributed by atoms with van der Waals surface area (Å²) in [5.41, 5.74) is 0.996. The number of carbonyl (C=O) groups is 1.